The number of rotatable bonds is 2. The zero-order valence-corrected chi connectivity index (χ0v) is 14.9. The zero-order chi connectivity index (χ0) is 20.1. The number of halogens is 3. The van der Waals surface area contributed by atoms with E-state index in [1.54, 1.807) is 25.7 Å². The van der Waals surface area contributed by atoms with Gasteiger partial charge in [-0.25, -0.2) is 4.73 Å². The van der Waals surface area contributed by atoms with E-state index in [9.17, 15) is 28.4 Å². The van der Waals surface area contributed by atoms with Gasteiger partial charge in [0, 0.05) is 16.3 Å². The molecular formula is C16H18F3N5O3. The smallest absolute Gasteiger partial charge is 0.461 e. The van der Waals surface area contributed by atoms with E-state index in [-0.39, 0.29) is 33.0 Å². The minimum atomic E-state index is -4.64. The molecule has 2 aromatic rings. The van der Waals surface area contributed by atoms with Crippen molar-refractivity contribution >= 4 is 22.9 Å². The van der Waals surface area contributed by atoms with Gasteiger partial charge in [-0.15, -0.1) is 0 Å². The van der Waals surface area contributed by atoms with E-state index < -0.39 is 22.7 Å². The Morgan fingerprint density at radius 3 is 2.41 bits per heavy atom. The minimum Gasteiger partial charge on any atom is -0.739 e. The Morgan fingerprint density at radius 2 is 1.85 bits per heavy atom. The lowest BCUT2D eigenvalue weighted by atomic mass is 9.92. The molecule has 0 radical (unpaired) electrons. The van der Waals surface area contributed by atoms with Gasteiger partial charge in [-0.05, 0) is 12.1 Å². The summed E-state index contributed by atoms with van der Waals surface area (Å²) in [4.78, 5) is 13.7. The van der Waals surface area contributed by atoms with Crippen LogP contribution in [-0.2, 0) is 11.0 Å². The number of anilines is 1. The predicted octanol–water partition coefficient (Wildman–Crippen LogP) is 1.19. The van der Waals surface area contributed by atoms with Crippen molar-refractivity contribution in [2.75, 3.05) is 18.4 Å². The number of nitrogens with zero attached hydrogens (tertiary/aromatic N) is 4. The van der Waals surface area contributed by atoms with Gasteiger partial charge in [0.1, 0.15) is 6.04 Å². The minimum absolute atomic E-state index is 0.0158. The fourth-order valence-electron chi connectivity index (χ4n) is 2.80. The van der Waals surface area contributed by atoms with Crippen LogP contribution in [0.5, 0.6) is 0 Å². The van der Waals surface area contributed by atoms with Gasteiger partial charge in [0.15, 0.2) is 5.52 Å². The topological polar surface area (TPSA) is 99.1 Å². The molecular weight excluding hydrogens is 367 g/mol. The van der Waals surface area contributed by atoms with Crippen molar-refractivity contribution in [3.8, 4) is 0 Å². The van der Waals surface area contributed by atoms with E-state index >= 15 is 0 Å². The highest BCUT2D eigenvalue weighted by Crippen LogP contribution is 2.30. The molecule has 0 saturated carbocycles. The number of likely N-dealkylation sites (tertiary alicyclic amines) is 1. The van der Waals surface area contributed by atoms with Crippen LogP contribution in [0.2, 0.25) is 0 Å². The van der Waals surface area contributed by atoms with E-state index in [1.807, 2.05) is 0 Å². The lowest BCUT2D eigenvalue weighted by Crippen LogP contribution is -2.60. The normalized spacial score (nSPS) is 15.7. The molecule has 146 valence electrons. The maximum Gasteiger partial charge on any atom is 0.461 e. The van der Waals surface area contributed by atoms with Crippen LogP contribution in [0.25, 0.3) is 11.0 Å². The number of carbonyl (C=O) groups is 1. The Bertz CT molecular complexity index is 905. The third-order valence-electron chi connectivity index (χ3n) is 4.25. The van der Waals surface area contributed by atoms with Gasteiger partial charge < -0.3 is 15.3 Å². The van der Waals surface area contributed by atoms with Gasteiger partial charge in [0.05, 0.1) is 18.7 Å². The second-order valence-corrected chi connectivity index (χ2v) is 7.49. The van der Waals surface area contributed by atoms with E-state index in [1.165, 1.54) is 0 Å². The standard InChI is InChI=1S/C16H18F3N5O3/c1-15(2,3)13(25)22-7-10(8-22)20-14-21-24(27)12-6-9(16(17,18)19)4-5-11(12)23(14)26/h4-6,10H,7-8H2,1-3H3,(H,20,21). The molecule has 2 heterocycles. The number of amides is 1. The molecule has 3 rings (SSSR count). The second-order valence-electron chi connectivity index (χ2n) is 7.49. The summed E-state index contributed by atoms with van der Waals surface area (Å²) in [7, 11) is 0. The Kier molecular flexibility index (Phi) is 4.28. The number of hydrogen-bond acceptors (Lipinski definition) is 5. The summed E-state index contributed by atoms with van der Waals surface area (Å²) >= 11 is 0. The monoisotopic (exact) mass is 385 g/mol. The van der Waals surface area contributed by atoms with Gasteiger partial charge in [0.25, 0.3) is 5.52 Å². The molecule has 1 aromatic carbocycles. The molecule has 1 fully saturated rings. The SMILES string of the molecule is CC(C)(C)C(=O)N1CC(Nc2n[n+]([O-])c3cc(C(F)(F)F)ccc3[n+]2[O-])C1. The first-order chi connectivity index (χ1) is 12.4. The van der Waals surface area contributed by atoms with Crippen LogP contribution in [0, 0.1) is 15.8 Å². The first-order valence-corrected chi connectivity index (χ1v) is 8.18. The third kappa shape index (κ3) is 3.53. The summed E-state index contributed by atoms with van der Waals surface area (Å²) in [5.74, 6) is -0.370. The number of alkyl halides is 3. The molecule has 11 heteroatoms. The summed E-state index contributed by atoms with van der Waals surface area (Å²) in [5.41, 5.74) is -2.29. The molecule has 1 aromatic heterocycles. The van der Waals surface area contributed by atoms with Crippen molar-refractivity contribution in [3.05, 3.63) is 34.2 Å². The van der Waals surface area contributed by atoms with Crippen LogP contribution in [0.4, 0.5) is 19.1 Å². The summed E-state index contributed by atoms with van der Waals surface area (Å²) in [6.45, 7) is 6.05. The molecule has 1 N–H and O–H groups in total. The largest absolute Gasteiger partial charge is 0.739 e. The number of benzene rings is 1. The Hall–Kier alpha value is -2.85. The zero-order valence-electron chi connectivity index (χ0n) is 14.9. The van der Waals surface area contributed by atoms with Crippen molar-refractivity contribution in [1.29, 1.82) is 0 Å². The molecule has 8 nitrogen and oxygen atoms in total. The van der Waals surface area contributed by atoms with Crippen LogP contribution in [-0.4, -0.2) is 35.0 Å². The van der Waals surface area contributed by atoms with Crippen LogP contribution in [0.3, 0.4) is 0 Å². The van der Waals surface area contributed by atoms with Gasteiger partial charge in [-0.3, -0.25) is 10.1 Å². The lowest BCUT2D eigenvalue weighted by Gasteiger charge is -2.40. The van der Waals surface area contributed by atoms with Crippen molar-refractivity contribution in [2.24, 2.45) is 5.41 Å². The van der Waals surface area contributed by atoms with E-state index in [2.05, 4.69) is 10.4 Å². The average molecular weight is 385 g/mol. The van der Waals surface area contributed by atoms with Gasteiger partial charge >= 0.3 is 12.1 Å². The van der Waals surface area contributed by atoms with Crippen molar-refractivity contribution in [1.82, 2.24) is 10.00 Å². The second kappa shape index (κ2) is 6.10. The van der Waals surface area contributed by atoms with E-state index in [4.69, 9.17) is 0 Å². The molecule has 1 amide bonds. The average Bonchev–Trinajstić information content (AvgIpc) is 2.52. The molecule has 0 bridgehead atoms. The maximum atomic E-state index is 12.8. The van der Waals surface area contributed by atoms with Gasteiger partial charge in [-0.1, -0.05) is 20.8 Å². The highest BCUT2D eigenvalue weighted by Gasteiger charge is 2.39. The van der Waals surface area contributed by atoms with E-state index in [0.29, 0.717) is 19.2 Å². The molecule has 0 aliphatic carbocycles. The number of aromatic nitrogens is 3. The Balaban J connectivity index is 1.81. The van der Waals surface area contributed by atoms with Crippen LogP contribution in [0.1, 0.15) is 26.3 Å². The van der Waals surface area contributed by atoms with Crippen LogP contribution < -0.4 is 14.9 Å². The quantitative estimate of drug-likeness (QED) is 0.618. The fourth-order valence-corrected chi connectivity index (χ4v) is 2.80. The highest BCUT2D eigenvalue weighted by atomic mass is 19.4. The molecule has 1 aliphatic rings. The number of hydrogen-bond donors (Lipinski definition) is 1. The van der Waals surface area contributed by atoms with E-state index in [0.717, 1.165) is 12.1 Å². The first-order valence-electron chi connectivity index (χ1n) is 8.18. The first kappa shape index (κ1) is 18.9. The summed E-state index contributed by atoms with van der Waals surface area (Å²) < 4.78 is 38.6. The maximum absolute atomic E-state index is 12.8. The fraction of sp³-hybridized carbons (Fsp3) is 0.500. The Labute approximate surface area is 152 Å². The summed E-state index contributed by atoms with van der Waals surface area (Å²) in [6.07, 6.45) is -4.64. The molecule has 27 heavy (non-hydrogen) atoms. The van der Waals surface area contributed by atoms with Crippen molar-refractivity contribution < 1.29 is 27.5 Å². The summed E-state index contributed by atoms with van der Waals surface area (Å²) in [5, 5.41) is 30.6. The lowest BCUT2D eigenvalue weighted by molar-refractivity contribution is -0.672. The summed E-state index contributed by atoms with van der Waals surface area (Å²) in [6, 6.07) is 1.97. The Morgan fingerprint density at radius 1 is 1.22 bits per heavy atom. The molecule has 1 saturated heterocycles. The van der Waals surface area contributed by atoms with Crippen LogP contribution in [0.15, 0.2) is 18.2 Å². The van der Waals surface area contributed by atoms with Crippen molar-refractivity contribution in [3.63, 3.8) is 0 Å². The van der Waals surface area contributed by atoms with Gasteiger partial charge in [0.2, 0.25) is 11.0 Å². The number of fused-ring (bicyclic) bond motifs is 1. The predicted molar refractivity (Wildman–Crippen MR) is 88.1 cm³/mol. The van der Waals surface area contributed by atoms with Crippen molar-refractivity contribution in [2.45, 2.75) is 33.0 Å². The molecule has 1 aliphatic heterocycles. The third-order valence-corrected chi connectivity index (χ3v) is 4.25. The number of carbonyl (C=O) groups excluding carboxylic acids is 1. The molecule has 0 unspecified atom stereocenters. The van der Waals surface area contributed by atoms with Crippen LogP contribution >= 0.6 is 0 Å². The molecule has 0 spiro atoms. The van der Waals surface area contributed by atoms with Gasteiger partial charge in [-0.2, -0.15) is 13.2 Å². The number of nitrogens with one attached hydrogen (secondary N) is 1. The molecule has 0 atom stereocenters. The highest BCUT2D eigenvalue weighted by molar-refractivity contribution is 5.82.